The number of nitrogens with zero attached hydrogens (tertiary/aromatic N) is 2. The van der Waals surface area contributed by atoms with Crippen LogP contribution in [0.1, 0.15) is 31.2 Å². The second-order valence-electron chi connectivity index (χ2n) is 7.38. The molecule has 3 atom stereocenters. The highest BCUT2D eigenvalue weighted by molar-refractivity contribution is 5.99. The maximum absolute atomic E-state index is 12.9. The summed E-state index contributed by atoms with van der Waals surface area (Å²) in [5, 5.41) is 5.69. The lowest BCUT2D eigenvalue weighted by Crippen LogP contribution is -2.67. The number of hydrogen-bond acceptors (Lipinski definition) is 3. The summed E-state index contributed by atoms with van der Waals surface area (Å²) in [6, 6.07) is 5.96. The lowest BCUT2D eigenvalue weighted by atomic mass is 9.95. The number of amides is 4. The van der Waals surface area contributed by atoms with Crippen molar-refractivity contribution in [1.82, 2.24) is 15.1 Å². The number of carbonyl (C=O) groups is 3. The van der Waals surface area contributed by atoms with E-state index in [1.165, 1.54) is 0 Å². The van der Waals surface area contributed by atoms with E-state index in [0.29, 0.717) is 25.2 Å². The smallest absolute Gasteiger partial charge is 0.319 e. The highest BCUT2D eigenvalue weighted by Crippen LogP contribution is 2.31. The summed E-state index contributed by atoms with van der Waals surface area (Å²) in [5.41, 5.74) is 1.81. The van der Waals surface area contributed by atoms with Crippen molar-refractivity contribution in [2.75, 3.05) is 18.4 Å². The van der Waals surface area contributed by atoms with Crippen LogP contribution in [0.25, 0.3) is 0 Å². The van der Waals surface area contributed by atoms with Crippen LogP contribution >= 0.6 is 0 Å². The third kappa shape index (κ3) is 2.91. The fourth-order valence-electron chi connectivity index (χ4n) is 4.28. The van der Waals surface area contributed by atoms with Crippen LogP contribution in [-0.4, -0.2) is 58.9 Å². The second-order valence-corrected chi connectivity index (χ2v) is 7.38. The number of benzene rings is 1. The van der Waals surface area contributed by atoms with Gasteiger partial charge in [-0.05, 0) is 44.7 Å². The Morgan fingerprint density at radius 3 is 2.54 bits per heavy atom. The van der Waals surface area contributed by atoms with E-state index in [-0.39, 0.29) is 29.9 Å². The van der Waals surface area contributed by atoms with Gasteiger partial charge >= 0.3 is 6.03 Å². The van der Waals surface area contributed by atoms with Crippen molar-refractivity contribution in [2.45, 2.75) is 50.7 Å². The number of fused-ring (bicyclic) bond motifs is 2. The molecule has 7 nitrogen and oxygen atoms in total. The standard InChI is InChI=1S/C19H24N4O3/c1-12-5-7-13(8-6-12)20-19(26)21-14-9-11-23-16(14)18(25)22-10-3-2-4-15(22)17(23)24/h5-8,14-16H,2-4,9-11H2,1H3,(H2,20,21,26)/t14-,15-,16+/m1/s1. The van der Waals surface area contributed by atoms with Gasteiger partial charge in [0, 0.05) is 18.8 Å². The summed E-state index contributed by atoms with van der Waals surface area (Å²) in [6.45, 7) is 3.15. The van der Waals surface area contributed by atoms with Gasteiger partial charge < -0.3 is 20.4 Å². The Bertz CT molecular complexity index is 733. The van der Waals surface area contributed by atoms with E-state index in [4.69, 9.17) is 0 Å². The van der Waals surface area contributed by atoms with Crippen molar-refractivity contribution in [3.8, 4) is 0 Å². The Morgan fingerprint density at radius 2 is 1.77 bits per heavy atom. The minimum atomic E-state index is -0.569. The molecule has 3 heterocycles. The monoisotopic (exact) mass is 356 g/mol. The zero-order valence-electron chi connectivity index (χ0n) is 14.9. The number of nitrogens with one attached hydrogen (secondary N) is 2. The average molecular weight is 356 g/mol. The van der Waals surface area contributed by atoms with E-state index < -0.39 is 6.04 Å². The third-order valence-corrected chi connectivity index (χ3v) is 5.63. The first kappa shape index (κ1) is 16.9. The van der Waals surface area contributed by atoms with Crippen LogP contribution in [0.4, 0.5) is 10.5 Å². The van der Waals surface area contributed by atoms with Crippen molar-refractivity contribution in [1.29, 1.82) is 0 Å². The maximum Gasteiger partial charge on any atom is 0.319 e. The summed E-state index contributed by atoms with van der Waals surface area (Å²) in [7, 11) is 0. The molecule has 7 heteroatoms. The number of anilines is 1. The minimum absolute atomic E-state index is 0.0209. The van der Waals surface area contributed by atoms with Crippen molar-refractivity contribution in [3.63, 3.8) is 0 Å². The molecule has 0 aromatic heterocycles. The van der Waals surface area contributed by atoms with Gasteiger partial charge in [-0.2, -0.15) is 0 Å². The summed E-state index contributed by atoms with van der Waals surface area (Å²) < 4.78 is 0. The molecule has 0 bridgehead atoms. The summed E-state index contributed by atoms with van der Waals surface area (Å²) in [4.78, 5) is 41.4. The lowest BCUT2D eigenvalue weighted by molar-refractivity contribution is -0.161. The Morgan fingerprint density at radius 1 is 1.00 bits per heavy atom. The second kappa shape index (κ2) is 6.63. The van der Waals surface area contributed by atoms with Crippen LogP contribution in [0.2, 0.25) is 0 Å². The first-order valence-electron chi connectivity index (χ1n) is 9.30. The number of carbonyl (C=O) groups excluding carboxylic acids is 3. The fourth-order valence-corrected chi connectivity index (χ4v) is 4.28. The van der Waals surface area contributed by atoms with Gasteiger partial charge in [-0.25, -0.2) is 4.79 Å². The van der Waals surface area contributed by atoms with Gasteiger partial charge in [-0.1, -0.05) is 17.7 Å². The van der Waals surface area contributed by atoms with Gasteiger partial charge in [-0.15, -0.1) is 0 Å². The van der Waals surface area contributed by atoms with E-state index in [2.05, 4.69) is 10.6 Å². The van der Waals surface area contributed by atoms with Crippen molar-refractivity contribution < 1.29 is 14.4 Å². The zero-order chi connectivity index (χ0) is 18.3. The summed E-state index contributed by atoms with van der Waals surface area (Å²) in [5.74, 6) is 0.0185. The SMILES string of the molecule is Cc1ccc(NC(=O)N[C@@H]2CCN3C(=O)[C@H]4CCCCN4C(=O)[C@H]23)cc1. The quantitative estimate of drug-likeness (QED) is 0.842. The van der Waals surface area contributed by atoms with E-state index >= 15 is 0 Å². The lowest BCUT2D eigenvalue weighted by Gasteiger charge is -2.45. The number of piperazine rings is 1. The molecule has 3 saturated heterocycles. The van der Waals surface area contributed by atoms with Gasteiger partial charge in [0.15, 0.2) is 0 Å². The Kier molecular flexibility index (Phi) is 4.30. The van der Waals surface area contributed by atoms with Crippen LogP contribution in [0, 0.1) is 6.92 Å². The average Bonchev–Trinajstić information content (AvgIpc) is 3.05. The first-order valence-corrected chi connectivity index (χ1v) is 9.30. The molecule has 0 saturated carbocycles. The minimum Gasteiger partial charge on any atom is -0.332 e. The third-order valence-electron chi connectivity index (χ3n) is 5.63. The molecule has 0 radical (unpaired) electrons. The topological polar surface area (TPSA) is 81.8 Å². The van der Waals surface area contributed by atoms with Crippen LogP contribution < -0.4 is 10.6 Å². The Labute approximate surface area is 152 Å². The van der Waals surface area contributed by atoms with Gasteiger partial charge in [0.05, 0.1) is 6.04 Å². The van der Waals surface area contributed by atoms with Gasteiger partial charge in [0.2, 0.25) is 11.8 Å². The van der Waals surface area contributed by atoms with Gasteiger partial charge in [0.25, 0.3) is 0 Å². The molecule has 0 unspecified atom stereocenters. The van der Waals surface area contributed by atoms with Gasteiger partial charge in [0.1, 0.15) is 12.1 Å². The molecule has 3 aliphatic heterocycles. The Balaban J connectivity index is 1.45. The number of aryl methyl sites for hydroxylation is 1. The number of urea groups is 1. The van der Waals surface area contributed by atoms with Crippen LogP contribution in [0.3, 0.4) is 0 Å². The highest BCUT2D eigenvalue weighted by Gasteiger charge is 2.52. The molecular weight excluding hydrogens is 332 g/mol. The molecule has 3 aliphatic rings. The first-order chi connectivity index (χ1) is 12.5. The molecule has 4 rings (SSSR count). The zero-order valence-corrected chi connectivity index (χ0v) is 14.9. The van der Waals surface area contributed by atoms with Crippen molar-refractivity contribution in [3.05, 3.63) is 29.8 Å². The van der Waals surface area contributed by atoms with E-state index in [9.17, 15) is 14.4 Å². The normalized spacial score (nSPS) is 27.8. The van der Waals surface area contributed by atoms with Crippen LogP contribution in [0.5, 0.6) is 0 Å². The van der Waals surface area contributed by atoms with Crippen LogP contribution in [-0.2, 0) is 9.59 Å². The molecule has 1 aromatic rings. The molecular formula is C19H24N4O3. The molecule has 26 heavy (non-hydrogen) atoms. The summed E-state index contributed by atoms with van der Waals surface area (Å²) >= 11 is 0. The molecule has 0 aliphatic carbocycles. The fraction of sp³-hybridized carbons (Fsp3) is 0.526. The van der Waals surface area contributed by atoms with Crippen molar-refractivity contribution in [2.24, 2.45) is 0 Å². The molecule has 138 valence electrons. The largest absolute Gasteiger partial charge is 0.332 e. The highest BCUT2D eigenvalue weighted by atomic mass is 16.2. The van der Waals surface area contributed by atoms with E-state index in [1.54, 1.807) is 9.80 Å². The van der Waals surface area contributed by atoms with E-state index in [0.717, 1.165) is 24.8 Å². The molecule has 0 spiro atoms. The molecule has 1 aromatic carbocycles. The van der Waals surface area contributed by atoms with Gasteiger partial charge in [-0.3, -0.25) is 9.59 Å². The summed E-state index contributed by atoms with van der Waals surface area (Å²) in [6.07, 6.45) is 3.28. The number of hydrogen-bond donors (Lipinski definition) is 2. The molecule has 4 amide bonds. The maximum atomic E-state index is 12.9. The predicted octanol–water partition coefficient (Wildman–Crippen LogP) is 1.48. The van der Waals surface area contributed by atoms with Crippen molar-refractivity contribution >= 4 is 23.5 Å². The van der Waals surface area contributed by atoms with E-state index in [1.807, 2.05) is 31.2 Å². The molecule has 2 N–H and O–H groups in total. The number of rotatable bonds is 2. The van der Waals surface area contributed by atoms with Crippen LogP contribution in [0.15, 0.2) is 24.3 Å². The number of piperidine rings is 1. The predicted molar refractivity (Wildman–Crippen MR) is 96.6 cm³/mol. The Hall–Kier alpha value is -2.57. The molecule has 3 fully saturated rings.